The lowest BCUT2D eigenvalue weighted by molar-refractivity contribution is 1.63. The van der Waals surface area contributed by atoms with Gasteiger partial charge in [0.2, 0.25) is 0 Å². The standard InChI is InChI=1S/C6H3ClI/c7-5-3-1-2-4-6(5)8/h2-4H. The van der Waals surface area contributed by atoms with Crippen LogP contribution in [0, 0.1) is 9.64 Å². The maximum absolute atomic E-state index is 5.67. The van der Waals surface area contributed by atoms with E-state index in [0.717, 1.165) is 8.59 Å². The summed E-state index contributed by atoms with van der Waals surface area (Å²) >= 11 is 7.84. The zero-order chi connectivity index (χ0) is 5.98. The second-order valence-corrected chi connectivity index (χ2v) is 2.91. The van der Waals surface area contributed by atoms with Crippen LogP contribution in [0.5, 0.6) is 0 Å². The molecule has 0 saturated carbocycles. The molecule has 0 aliphatic carbocycles. The molecule has 0 fully saturated rings. The van der Waals surface area contributed by atoms with Crippen molar-refractivity contribution < 1.29 is 0 Å². The van der Waals surface area contributed by atoms with Crippen LogP contribution in [-0.4, -0.2) is 0 Å². The fourth-order valence-electron chi connectivity index (χ4n) is 0.391. The summed E-state index contributed by atoms with van der Waals surface area (Å²) in [4.78, 5) is 0. The summed E-state index contributed by atoms with van der Waals surface area (Å²) in [5, 5.41) is 0.771. The van der Waals surface area contributed by atoms with Crippen molar-refractivity contribution in [2.75, 3.05) is 0 Å². The third-order valence-electron chi connectivity index (χ3n) is 0.764. The van der Waals surface area contributed by atoms with E-state index in [1.807, 2.05) is 12.1 Å². The van der Waals surface area contributed by atoms with Gasteiger partial charge >= 0.3 is 0 Å². The number of rotatable bonds is 0. The summed E-state index contributed by atoms with van der Waals surface area (Å²) in [5.74, 6) is 0. The molecule has 0 bridgehead atoms. The summed E-state index contributed by atoms with van der Waals surface area (Å²) < 4.78 is 1.07. The Morgan fingerprint density at radius 1 is 1.62 bits per heavy atom. The first-order valence-electron chi connectivity index (χ1n) is 2.12. The lowest BCUT2D eigenvalue weighted by atomic mass is 10.4. The zero-order valence-corrected chi connectivity index (χ0v) is 6.90. The molecule has 8 heavy (non-hydrogen) atoms. The average molecular weight is 237 g/mol. The third kappa shape index (κ3) is 1.36. The van der Waals surface area contributed by atoms with E-state index >= 15 is 0 Å². The van der Waals surface area contributed by atoms with Crippen molar-refractivity contribution in [1.82, 2.24) is 0 Å². The fourth-order valence-corrected chi connectivity index (χ4v) is 0.853. The van der Waals surface area contributed by atoms with E-state index in [1.54, 1.807) is 6.07 Å². The van der Waals surface area contributed by atoms with E-state index in [1.165, 1.54) is 0 Å². The molecule has 1 rings (SSSR count). The van der Waals surface area contributed by atoms with Gasteiger partial charge in [-0.2, -0.15) is 0 Å². The van der Waals surface area contributed by atoms with Gasteiger partial charge in [0.15, 0.2) is 0 Å². The summed E-state index contributed by atoms with van der Waals surface area (Å²) in [6.07, 6.45) is 0. The SMILES string of the molecule is Clc1c[c]ccc1I. The molecule has 41 valence electrons. The van der Waals surface area contributed by atoms with Crippen molar-refractivity contribution in [2.45, 2.75) is 0 Å². The van der Waals surface area contributed by atoms with Crippen molar-refractivity contribution in [3.8, 4) is 0 Å². The van der Waals surface area contributed by atoms with Crippen LogP contribution in [0.25, 0.3) is 0 Å². The molecule has 0 heterocycles. The maximum Gasteiger partial charge on any atom is 0.0545 e. The summed E-state index contributed by atoms with van der Waals surface area (Å²) in [6.45, 7) is 0. The fraction of sp³-hybridized carbons (Fsp3) is 0. The van der Waals surface area contributed by atoms with Crippen LogP contribution in [0.15, 0.2) is 18.2 Å². The smallest absolute Gasteiger partial charge is 0.0545 e. The number of hydrogen-bond acceptors (Lipinski definition) is 0. The van der Waals surface area contributed by atoms with E-state index < -0.39 is 0 Å². The van der Waals surface area contributed by atoms with Crippen molar-refractivity contribution in [1.29, 1.82) is 0 Å². The van der Waals surface area contributed by atoms with Crippen molar-refractivity contribution in [3.05, 3.63) is 32.9 Å². The molecule has 0 aliphatic rings. The molecule has 0 unspecified atom stereocenters. The van der Waals surface area contributed by atoms with Crippen LogP contribution in [0.4, 0.5) is 0 Å². The molecule has 0 N–H and O–H groups in total. The number of benzene rings is 1. The van der Waals surface area contributed by atoms with E-state index in [0.29, 0.717) is 0 Å². The van der Waals surface area contributed by atoms with Gasteiger partial charge in [0.25, 0.3) is 0 Å². The lowest BCUT2D eigenvalue weighted by Gasteiger charge is -1.88. The Hall–Kier alpha value is 0.240. The Kier molecular flexibility index (Phi) is 2.14. The van der Waals surface area contributed by atoms with Crippen LogP contribution in [-0.2, 0) is 0 Å². The molecule has 1 aromatic rings. The van der Waals surface area contributed by atoms with E-state index in [2.05, 4.69) is 28.7 Å². The predicted octanol–water partition coefficient (Wildman–Crippen LogP) is 2.74. The van der Waals surface area contributed by atoms with E-state index in [-0.39, 0.29) is 0 Å². The molecule has 0 atom stereocenters. The summed E-state index contributed by atoms with van der Waals surface area (Å²) in [7, 11) is 0. The molecular formula is C6H3ClI. The largest absolute Gasteiger partial charge is 0.0832 e. The minimum atomic E-state index is 0.771. The summed E-state index contributed by atoms with van der Waals surface area (Å²) in [6, 6.07) is 8.38. The number of hydrogen-bond donors (Lipinski definition) is 0. The molecule has 2 heteroatoms. The molecule has 0 amide bonds. The van der Waals surface area contributed by atoms with E-state index in [9.17, 15) is 0 Å². The number of halogens is 2. The quantitative estimate of drug-likeness (QED) is 0.609. The topological polar surface area (TPSA) is 0 Å². The van der Waals surface area contributed by atoms with Crippen LogP contribution in [0.3, 0.4) is 0 Å². The average Bonchev–Trinajstić information content (AvgIpc) is 1.77. The lowest BCUT2D eigenvalue weighted by Crippen LogP contribution is -1.68. The second-order valence-electron chi connectivity index (χ2n) is 1.34. The molecule has 1 radical (unpaired) electrons. The highest BCUT2D eigenvalue weighted by atomic mass is 127. The highest BCUT2D eigenvalue weighted by molar-refractivity contribution is 14.1. The van der Waals surface area contributed by atoms with Crippen molar-refractivity contribution in [3.63, 3.8) is 0 Å². The second kappa shape index (κ2) is 2.69. The Morgan fingerprint density at radius 3 is 2.75 bits per heavy atom. The van der Waals surface area contributed by atoms with Crippen molar-refractivity contribution >= 4 is 34.2 Å². The van der Waals surface area contributed by atoms with Crippen LogP contribution < -0.4 is 0 Å². The van der Waals surface area contributed by atoms with Crippen LogP contribution in [0.1, 0.15) is 0 Å². The predicted molar refractivity (Wildman–Crippen MR) is 43.0 cm³/mol. The van der Waals surface area contributed by atoms with Crippen LogP contribution >= 0.6 is 34.2 Å². The first-order chi connectivity index (χ1) is 3.80. The molecule has 1 aromatic carbocycles. The molecule has 0 nitrogen and oxygen atoms in total. The van der Waals surface area contributed by atoms with Gasteiger partial charge < -0.3 is 0 Å². The molecule has 0 spiro atoms. The molecule has 0 saturated heterocycles. The van der Waals surface area contributed by atoms with Gasteiger partial charge in [-0.3, -0.25) is 0 Å². The van der Waals surface area contributed by atoms with Gasteiger partial charge in [-0.25, -0.2) is 0 Å². The Labute approximate surface area is 67.0 Å². The highest BCUT2D eigenvalue weighted by Gasteiger charge is 1.89. The van der Waals surface area contributed by atoms with Gasteiger partial charge in [-0.1, -0.05) is 17.7 Å². The minimum absolute atomic E-state index is 0.771. The van der Waals surface area contributed by atoms with Crippen molar-refractivity contribution in [2.24, 2.45) is 0 Å². The molecule has 0 aliphatic heterocycles. The van der Waals surface area contributed by atoms with E-state index in [4.69, 9.17) is 11.6 Å². The van der Waals surface area contributed by atoms with Gasteiger partial charge in [0.1, 0.15) is 0 Å². The molecule has 0 aromatic heterocycles. The Bertz CT molecular complexity index is 165. The first kappa shape index (κ1) is 6.36. The normalized spacial score (nSPS) is 9.25. The first-order valence-corrected chi connectivity index (χ1v) is 3.57. The minimum Gasteiger partial charge on any atom is -0.0832 e. The summed E-state index contributed by atoms with van der Waals surface area (Å²) in [5.41, 5.74) is 0. The maximum atomic E-state index is 5.67. The molecular weight excluding hydrogens is 234 g/mol. The Morgan fingerprint density at radius 2 is 2.38 bits per heavy atom. The Balaban J connectivity index is 3.13. The van der Waals surface area contributed by atoms with Gasteiger partial charge in [0, 0.05) is 3.57 Å². The van der Waals surface area contributed by atoms with Gasteiger partial charge in [-0.15, -0.1) is 0 Å². The van der Waals surface area contributed by atoms with Gasteiger partial charge in [0.05, 0.1) is 5.02 Å². The highest BCUT2D eigenvalue weighted by Crippen LogP contribution is 2.15. The van der Waals surface area contributed by atoms with Gasteiger partial charge in [-0.05, 0) is 40.8 Å². The monoisotopic (exact) mass is 237 g/mol. The third-order valence-corrected chi connectivity index (χ3v) is 2.34. The van der Waals surface area contributed by atoms with Crippen LogP contribution in [0.2, 0.25) is 5.02 Å². The zero-order valence-electron chi connectivity index (χ0n) is 3.99.